The van der Waals surface area contributed by atoms with E-state index in [0.717, 1.165) is 38.8 Å². The number of nitrogens with zero attached hydrogens (tertiary/aromatic N) is 2. The minimum Gasteiger partial charge on any atom is -0.341 e. The van der Waals surface area contributed by atoms with E-state index in [1.807, 2.05) is 0 Å². The van der Waals surface area contributed by atoms with Gasteiger partial charge in [-0.05, 0) is 43.9 Å². The van der Waals surface area contributed by atoms with Crippen molar-refractivity contribution in [2.45, 2.75) is 37.0 Å². The standard InChI is InChI=1S/C18H25N3O4S/c22-17-8-1-2-10-20(17)13-9-19-26(24,25)16-7-5-6-15(14-16)18(23)21-11-3-4-12-21/h5-7,14,19H,1-4,8-13H2. The molecular formula is C18H25N3O4S. The average Bonchev–Trinajstić information content (AvgIpc) is 3.17. The predicted octanol–water partition coefficient (Wildman–Crippen LogP) is 1.21. The van der Waals surface area contributed by atoms with Gasteiger partial charge in [-0.2, -0.15) is 0 Å². The fourth-order valence-corrected chi connectivity index (χ4v) is 4.46. The lowest BCUT2D eigenvalue weighted by Gasteiger charge is -2.26. The number of amides is 2. The summed E-state index contributed by atoms with van der Waals surface area (Å²) in [5, 5.41) is 0. The van der Waals surface area contributed by atoms with Gasteiger partial charge < -0.3 is 9.80 Å². The summed E-state index contributed by atoms with van der Waals surface area (Å²) in [6, 6.07) is 6.14. The molecule has 142 valence electrons. The summed E-state index contributed by atoms with van der Waals surface area (Å²) in [5.41, 5.74) is 0.390. The number of benzene rings is 1. The molecule has 8 heteroatoms. The van der Waals surface area contributed by atoms with Crippen LogP contribution in [0, 0.1) is 0 Å². The molecule has 2 aliphatic rings. The van der Waals surface area contributed by atoms with E-state index >= 15 is 0 Å². The zero-order valence-electron chi connectivity index (χ0n) is 14.8. The maximum atomic E-state index is 12.5. The Kier molecular flexibility index (Phi) is 5.93. The van der Waals surface area contributed by atoms with Crippen LogP contribution in [0.4, 0.5) is 0 Å². The molecule has 2 heterocycles. The van der Waals surface area contributed by atoms with Gasteiger partial charge in [0, 0.05) is 44.7 Å². The van der Waals surface area contributed by atoms with E-state index in [0.29, 0.717) is 25.1 Å². The zero-order chi connectivity index (χ0) is 18.6. The average molecular weight is 379 g/mol. The molecule has 0 atom stereocenters. The predicted molar refractivity (Wildman–Crippen MR) is 97.2 cm³/mol. The lowest BCUT2D eigenvalue weighted by atomic mass is 10.1. The van der Waals surface area contributed by atoms with Crippen LogP contribution in [0.3, 0.4) is 0 Å². The van der Waals surface area contributed by atoms with Crippen molar-refractivity contribution in [3.05, 3.63) is 29.8 Å². The minimum absolute atomic E-state index is 0.0764. The highest BCUT2D eigenvalue weighted by atomic mass is 32.2. The second-order valence-electron chi connectivity index (χ2n) is 6.76. The highest BCUT2D eigenvalue weighted by Gasteiger charge is 2.22. The van der Waals surface area contributed by atoms with Gasteiger partial charge in [-0.1, -0.05) is 6.07 Å². The molecular weight excluding hydrogens is 354 g/mol. The molecule has 0 radical (unpaired) electrons. The van der Waals surface area contributed by atoms with E-state index in [2.05, 4.69) is 4.72 Å². The molecule has 2 fully saturated rings. The Hall–Kier alpha value is -1.93. The number of carbonyl (C=O) groups excluding carboxylic acids is 2. The molecule has 0 unspecified atom stereocenters. The first-order valence-electron chi connectivity index (χ1n) is 9.14. The van der Waals surface area contributed by atoms with Crippen LogP contribution >= 0.6 is 0 Å². The first-order valence-corrected chi connectivity index (χ1v) is 10.6. The van der Waals surface area contributed by atoms with Crippen LogP contribution in [0.25, 0.3) is 0 Å². The van der Waals surface area contributed by atoms with Crippen LogP contribution < -0.4 is 4.72 Å². The number of likely N-dealkylation sites (tertiary alicyclic amines) is 2. The molecule has 0 aliphatic carbocycles. The topological polar surface area (TPSA) is 86.8 Å². The largest absolute Gasteiger partial charge is 0.341 e. The highest BCUT2D eigenvalue weighted by molar-refractivity contribution is 7.89. The van der Waals surface area contributed by atoms with Gasteiger partial charge in [-0.3, -0.25) is 9.59 Å². The van der Waals surface area contributed by atoms with Gasteiger partial charge in [0.2, 0.25) is 15.9 Å². The minimum atomic E-state index is -3.72. The maximum absolute atomic E-state index is 12.5. The van der Waals surface area contributed by atoms with Crippen molar-refractivity contribution < 1.29 is 18.0 Å². The molecule has 0 aromatic heterocycles. The molecule has 0 spiro atoms. The zero-order valence-corrected chi connectivity index (χ0v) is 15.6. The summed E-state index contributed by atoms with van der Waals surface area (Å²) in [7, 11) is -3.72. The quantitative estimate of drug-likeness (QED) is 0.805. The first kappa shape index (κ1) is 18.8. The van der Waals surface area contributed by atoms with Crippen LogP contribution in [0.2, 0.25) is 0 Å². The maximum Gasteiger partial charge on any atom is 0.253 e. The molecule has 0 bridgehead atoms. The van der Waals surface area contributed by atoms with Crippen molar-refractivity contribution >= 4 is 21.8 Å². The Morgan fingerprint density at radius 2 is 1.81 bits per heavy atom. The van der Waals surface area contributed by atoms with Crippen molar-refractivity contribution in [1.29, 1.82) is 0 Å². The fraction of sp³-hybridized carbons (Fsp3) is 0.556. The second kappa shape index (κ2) is 8.18. The molecule has 26 heavy (non-hydrogen) atoms. The number of sulfonamides is 1. The van der Waals surface area contributed by atoms with E-state index in [-0.39, 0.29) is 23.3 Å². The summed E-state index contributed by atoms with van der Waals surface area (Å²) in [6.45, 7) is 2.65. The second-order valence-corrected chi connectivity index (χ2v) is 8.53. The monoisotopic (exact) mass is 379 g/mol. The van der Waals surface area contributed by atoms with Crippen LogP contribution in [0.5, 0.6) is 0 Å². The van der Waals surface area contributed by atoms with Crippen molar-refractivity contribution in [3.63, 3.8) is 0 Å². The molecule has 1 N–H and O–H groups in total. The molecule has 1 aromatic rings. The lowest BCUT2D eigenvalue weighted by Crippen LogP contribution is -2.41. The summed E-state index contributed by atoms with van der Waals surface area (Å²) < 4.78 is 27.6. The third-order valence-corrected chi connectivity index (χ3v) is 6.34. The third-order valence-electron chi connectivity index (χ3n) is 4.88. The number of carbonyl (C=O) groups is 2. The van der Waals surface area contributed by atoms with Crippen molar-refractivity contribution in [1.82, 2.24) is 14.5 Å². The van der Waals surface area contributed by atoms with Crippen molar-refractivity contribution in [2.75, 3.05) is 32.7 Å². The van der Waals surface area contributed by atoms with Crippen LogP contribution in [0.1, 0.15) is 42.5 Å². The lowest BCUT2D eigenvalue weighted by molar-refractivity contribution is -0.133. The number of rotatable bonds is 6. The third kappa shape index (κ3) is 4.42. The van der Waals surface area contributed by atoms with Crippen molar-refractivity contribution in [3.8, 4) is 0 Å². The molecule has 0 saturated carbocycles. The summed E-state index contributed by atoms with van der Waals surface area (Å²) >= 11 is 0. The van der Waals surface area contributed by atoms with Gasteiger partial charge in [0.05, 0.1) is 4.90 Å². The molecule has 2 saturated heterocycles. The summed E-state index contributed by atoms with van der Waals surface area (Å²) in [5.74, 6) is -0.0490. The van der Waals surface area contributed by atoms with E-state index < -0.39 is 10.0 Å². The van der Waals surface area contributed by atoms with Crippen LogP contribution in [0.15, 0.2) is 29.2 Å². The molecule has 3 rings (SSSR count). The number of hydrogen-bond donors (Lipinski definition) is 1. The Morgan fingerprint density at radius 1 is 1.08 bits per heavy atom. The van der Waals surface area contributed by atoms with E-state index in [1.54, 1.807) is 21.9 Å². The van der Waals surface area contributed by atoms with Gasteiger partial charge >= 0.3 is 0 Å². The first-order chi connectivity index (χ1) is 12.5. The fourth-order valence-electron chi connectivity index (χ4n) is 3.40. The summed E-state index contributed by atoms with van der Waals surface area (Å²) in [6.07, 6.45) is 4.37. The van der Waals surface area contributed by atoms with Gasteiger partial charge in [0.15, 0.2) is 0 Å². The Labute approximate surface area is 154 Å². The normalized spacial score (nSPS) is 18.4. The van der Waals surface area contributed by atoms with Gasteiger partial charge in [0.1, 0.15) is 0 Å². The molecule has 2 amide bonds. The van der Waals surface area contributed by atoms with E-state index in [4.69, 9.17) is 0 Å². The molecule has 7 nitrogen and oxygen atoms in total. The SMILES string of the molecule is O=C1CCCCN1CCNS(=O)(=O)c1cccc(C(=O)N2CCCC2)c1. The smallest absolute Gasteiger partial charge is 0.253 e. The van der Waals surface area contributed by atoms with Crippen LogP contribution in [-0.2, 0) is 14.8 Å². The highest BCUT2D eigenvalue weighted by Crippen LogP contribution is 2.16. The Bertz CT molecular complexity index is 772. The van der Waals surface area contributed by atoms with Crippen molar-refractivity contribution in [2.24, 2.45) is 0 Å². The van der Waals surface area contributed by atoms with Gasteiger partial charge in [0.25, 0.3) is 5.91 Å². The van der Waals surface area contributed by atoms with Crippen LogP contribution in [-0.4, -0.2) is 62.8 Å². The number of nitrogens with one attached hydrogen (secondary N) is 1. The van der Waals surface area contributed by atoms with Gasteiger partial charge in [-0.25, -0.2) is 13.1 Å². The van der Waals surface area contributed by atoms with E-state index in [9.17, 15) is 18.0 Å². The summed E-state index contributed by atoms with van der Waals surface area (Å²) in [4.78, 5) is 27.7. The van der Waals surface area contributed by atoms with Gasteiger partial charge in [-0.15, -0.1) is 0 Å². The van der Waals surface area contributed by atoms with E-state index in [1.165, 1.54) is 12.1 Å². The number of piperidine rings is 1. The number of hydrogen-bond acceptors (Lipinski definition) is 4. The molecule has 2 aliphatic heterocycles. The molecule has 1 aromatic carbocycles. The Morgan fingerprint density at radius 3 is 2.54 bits per heavy atom. The Balaban J connectivity index is 1.62.